The molecule has 0 saturated heterocycles. The summed E-state index contributed by atoms with van der Waals surface area (Å²) < 4.78 is 19.4. The number of nitriles is 1. The first-order chi connectivity index (χ1) is 12.0. The van der Waals surface area contributed by atoms with Gasteiger partial charge < -0.3 is 14.7 Å². The van der Waals surface area contributed by atoms with Crippen LogP contribution in [0.1, 0.15) is 41.4 Å². The average molecular weight is 340 g/mol. The van der Waals surface area contributed by atoms with E-state index in [4.69, 9.17) is 10.00 Å². The third kappa shape index (κ3) is 3.29. The minimum Gasteiger partial charge on any atom is -0.364 e. The molecule has 0 bridgehead atoms. The van der Waals surface area contributed by atoms with Crippen molar-refractivity contribution >= 4 is 0 Å². The highest BCUT2D eigenvalue weighted by atomic mass is 19.1. The Hall–Kier alpha value is -2.26. The summed E-state index contributed by atoms with van der Waals surface area (Å²) in [6, 6.07) is 13.5. The van der Waals surface area contributed by atoms with Crippen molar-refractivity contribution in [1.82, 2.24) is 4.90 Å². The van der Waals surface area contributed by atoms with Crippen LogP contribution in [-0.4, -0.2) is 30.6 Å². The summed E-state index contributed by atoms with van der Waals surface area (Å²) >= 11 is 0. The van der Waals surface area contributed by atoms with Crippen LogP contribution in [0.25, 0.3) is 0 Å². The summed E-state index contributed by atoms with van der Waals surface area (Å²) in [5, 5.41) is 19.6. The number of ether oxygens (including phenoxy) is 1. The normalized spacial score (nSPS) is 22.0. The van der Waals surface area contributed by atoms with Gasteiger partial charge in [-0.15, -0.1) is 0 Å². The van der Waals surface area contributed by atoms with E-state index in [1.165, 1.54) is 12.1 Å². The Labute approximate surface area is 147 Å². The molecule has 0 spiro atoms. The Morgan fingerprint density at radius 1 is 1.24 bits per heavy atom. The lowest BCUT2D eigenvalue weighted by molar-refractivity contribution is -0.159. The molecular weight excluding hydrogens is 319 g/mol. The fraction of sp³-hybridized carbons (Fsp3) is 0.350. The lowest BCUT2D eigenvalue weighted by Crippen LogP contribution is -2.29. The molecule has 0 unspecified atom stereocenters. The Morgan fingerprint density at radius 2 is 1.96 bits per heavy atom. The highest BCUT2D eigenvalue weighted by molar-refractivity contribution is 5.48. The molecule has 1 heterocycles. The number of rotatable bonds is 5. The van der Waals surface area contributed by atoms with Crippen molar-refractivity contribution in [2.75, 3.05) is 20.6 Å². The summed E-state index contributed by atoms with van der Waals surface area (Å²) in [5.41, 5.74) is 1.88. The molecule has 25 heavy (non-hydrogen) atoms. The van der Waals surface area contributed by atoms with Crippen molar-refractivity contribution in [2.45, 2.75) is 24.7 Å². The second-order valence-corrected chi connectivity index (χ2v) is 6.62. The van der Waals surface area contributed by atoms with E-state index < -0.39 is 11.9 Å². The zero-order valence-electron chi connectivity index (χ0n) is 14.4. The highest BCUT2D eigenvalue weighted by Crippen LogP contribution is 2.49. The molecule has 3 rings (SSSR count). The smallest absolute Gasteiger partial charge is 0.183 e. The number of halogens is 1. The number of aliphatic hydroxyl groups is 1. The van der Waals surface area contributed by atoms with Gasteiger partial charge in [0.05, 0.1) is 11.6 Å². The summed E-state index contributed by atoms with van der Waals surface area (Å²) in [5.74, 6) is -0.314. The van der Waals surface area contributed by atoms with Crippen LogP contribution in [0.3, 0.4) is 0 Å². The van der Waals surface area contributed by atoms with Crippen molar-refractivity contribution in [3.05, 3.63) is 70.5 Å². The number of hydrogen-bond acceptors (Lipinski definition) is 4. The standard InChI is InChI=1S/C20H21FN2O2/c1-23(2)11-3-10-20(15-5-7-16(21)8-6-15)18-9-4-14(13-22)12-17(18)19(24)25-20/h4-9,12,19,24H,3,10-11H2,1-2H3/t19-,20-/m1/s1. The molecule has 0 radical (unpaired) electrons. The van der Waals surface area contributed by atoms with Crippen LogP contribution in [0.4, 0.5) is 4.39 Å². The van der Waals surface area contributed by atoms with Crippen LogP contribution in [0.15, 0.2) is 42.5 Å². The first kappa shape index (κ1) is 17.6. The number of hydrogen-bond donors (Lipinski definition) is 1. The zero-order chi connectivity index (χ0) is 18.0. The van der Waals surface area contributed by atoms with E-state index in [9.17, 15) is 9.50 Å². The minimum atomic E-state index is -1.10. The first-order valence-corrected chi connectivity index (χ1v) is 8.27. The monoisotopic (exact) mass is 340 g/mol. The van der Waals surface area contributed by atoms with E-state index in [1.807, 2.05) is 20.2 Å². The molecule has 2 atom stereocenters. The van der Waals surface area contributed by atoms with Crippen molar-refractivity contribution < 1.29 is 14.2 Å². The van der Waals surface area contributed by atoms with Gasteiger partial charge in [-0.3, -0.25) is 0 Å². The summed E-state index contributed by atoms with van der Waals surface area (Å²) in [4.78, 5) is 2.09. The second kappa shape index (κ2) is 6.93. The number of aliphatic hydroxyl groups excluding tert-OH is 1. The molecule has 130 valence electrons. The van der Waals surface area contributed by atoms with Gasteiger partial charge in [0.25, 0.3) is 0 Å². The molecule has 5 heteroatoms. The van der Waals surface area contributed by atoms with E-state index in [0.717, 1.165) is 24.1 Å². The first-order valence-electron chi connectivity index (χ1n) is 8.27. The maximum absolute atomic E-state index is 13.4. The van der Waals surface area contributed by atoms with Crippen molar-refractivity contribution in [3.63, 3.8) is 0 Å². The molecule has 1 aliphatic heterocycles. The molecule has 0 saturated carbocycles. The van der Waals surface area contributed by atoms with Gasteiger partial charge in [0.1, 0.15) is 11.4 Å². The van der Waals surface area contributed by atoms with Crippen molar-refractivity contribution in [3.8, 4) is 6.07 Å². The Kier molecular flexibility index (Phi) is 4.87. The quantitative estimate of drug-likeness (QED) is 0.907. The minimum absolute atomic E-state index is 0.314. The Bertz CT molecular complexity index is 798. The van der Waals surface area contributed by atoms with Gasteiger partial charge in [0.2, 0.25) is 0 Å². The summed E-state index contributed by atoms with van der Waals surface area (Å²) in [7, 11) is 4.00. The van der Waals surface area contributed by atoms with E-state index in [0.29, 0.717) is 17.5 Å². The highest BCUT2D eigenvalue weighted by Gasteiger charge is 2.45. The number of benzene rings is 2. The van der Waals surface area contributed by atoms with Crippen LogP contribution >= 0.6 is 0 Å². The third-order valence-corrected chi connectivity index (χ3v) is 4.64. The zero-order valence-corrected chi connectivity index (χ0v) is 14.4. The largest absolute Gasteiger partial charge is 0.364 e. The van der Waals surface area contributed by atoms with Crippen LogP contribution in [0.2, 0.25) is 0 Å². The van der Waals surface area contributed by atoms with E-state index in [1.54, 1.807) is 24.3 Å². The molecule has 0 aliphatic carbocycles. The maximum atomic E-state index is 13.4. The van der Waals surface area contributed by atoms with Crippen molar-refractivity contribution in [2.24, 2.45) is 0 Å². The number of nitrogens with zero attached hydrogens (tertiary/aromatic N) is 2. The number of fused-ring (bicyclic) bond motifs is 1. The summed E-state index contributed by atoms with van der Waals surface area (Å²) in [6.45, 7) is 0.869. The van der Waals surface area contributed by atoms with Crippen LogP contribution in [0.5, 0.6) is 0 Å². The molecule has 0 amide bonds. The summed E-state index contributed by atoms with van der Waals surface area (Å²) in [6.07, 6.45) is 0.385. The van der Waals surface area contributed by atoms with E-state index >= 15 is 0 Å². The average Bonchev–Trinajstić information content (AvgIpc) is 2.88. The lowest BCUT2D eigenvalue weighted by Gasteiger charge is -2.31. The van der Waals surface area contributed by atoms with Gasteiger partial charge in [-0.2, -0.15) is 5.26 Å². The van der Waals surface area contributed by atoms with Crippen LogP contribution in [0, 0.1) is 17.1 Å². The predicted octanol–water partition coefficient (Wildman–Crippen LogP) is 3.30. The fourth-order valence-electron chi connectivity index (χ4n) is 3.45. The van der Waals surface area contributed by atoms with E-state index in [-0.39, 0.29) is 5.82 Å². The molecule has 1 N–H and O–H groups in total. The third-order valence-electron chi connectivity index (χ3n) is 4.64. The van der Waals surface area contributed by atoms with Gasteiger partial charge in [-0.05, 0) is 68.9 Å². The molecule has 1 aliphatic rings. The van der Waals surface area contributed by atoms with Gasteiger partial charge in [-0.25, -0.2) is 4.39 Å². The molecule has 2 aromatic rings. The van der Waals surface area contributed by atoms with Crippen LogP contribution < -0.4 is 0 Å². The Morgan fingerprint density at radius 3 is 2.60 bits per heavy atom. The molecule has 0 aromatic heterocycles. The molecule has 2 aromatic carbocycles. The van der Waals surface area contributed by atoms with E-state index in [2.05, 4.69) is 11.0 Å². The van der Waals surface area contributed by atoms with Gasteiger partial charge in [-0.1, -0.05) is 18.2 Å². The Balaban J connectivity index is 2.07. The van der Waals surface area contributed by atoms with Gasteiger partial charge in [0, 0.05) is 5.56 Å². The van der Waals surface area contributed by atoms with Gasteiger partial charge in [0.15, 0.2) is 6.29 Å². The maximum Gasteiger partial charge on any atom is 0.183 e. The molecular formula is C20H21FN2O2. The molecule has 4 nitrogen and oxygen atoms in total. The SMILES string of the molecule is CN(C)CCC[C@]1(c2ccc(F)cc2)O[C@@H](O)c2cc(C#N)ccc21. The fourth-order valence-corrected chi connectivity index (χ4v) is 3.45. The van der Waals surface area contributed by atoms with Crippen LogP contribution in [-0.2, 0) is 10.3 Å². The van der Waals surface area contributed by atoms with Crippen molar-refractivity contribution in [1.29, 1.82) is 5.26 Å². The molecule has 0 fully saturated rings. The second-order valence-electron chi connectivity index (χ2n) is 6.62. The lowest BCUT2D eigenvalue weighted by atomic mass is 9.81. The topological polar surface area (TPSA) is 56.5 Å². The van der Waals surface area contributed by atoms with Gasteiger partial charge >= 0.3 is 0 Å². The predicted molar refractivity (Wildman–Crippen MR) is 92.2 cm³/mol.